The van der Waals surface area contributed by atoms with E-state index in [1.54, 1.807) is 18.2 Å². The lowest BCUT2D eigenvalue weighted by Gasteiger charge is -2.35. The zero-order valence-corrected chi connectivity index (χ0v) is 15.6. The number of nitrogens with one attached hydrogen (secondary N) is 1. The maximum atomic E-state index is 14.1. The Bertz CT molecular complexity index is 957. The Labute approximate surface area is 166 Å². The summed E-state index contributed by atoms with van der Waals surface area (Å²) in [6.07, 6.45) is 0.0695. The van der Waals surface area contributed by atoms with E-state index in [1.165, 1.54) is 30.3 Å². The van der Waals surface area contributed by atoms with Gasteiger partial charge in [0.15, 0.2) is 6.04 Å². The largest absolute Gasteiger partial charge is 0.360 e. The number of carbonyl (C=O) groups excluding carboxylic acids is 2. The maximum Gasteiger partial charge on any atom is 0.292 e. The summed E-state index contributed by atoms with van der Waals surface area (Å²) in [5.41, 5.74) is 0.937. The molecule has 8 nitrogen and oxygen atoms in total. The summed E-state index contributed by atoms with van der Waals surface area (Å²) in [4.78, 5) is 39.7. The Hall–Kier alpha value is -3.33. The Morgan fingerprint density at radius 1 is 1.03 bits per heavy atom. The van der Waals surface area contributed by atoms with Gasteiger partial charge in [0.2, 0.25) is 5.91 Å². The van der Waals surface area contributed by atoms with Crippen molar-refractivity contribution in [3.63, 3.8) is 0 Å². The van der Waals surface area contributed by atoms with Crippen molar-refractivity contribution in [3.05, 3.63) is 64.5 Å². The van der Waals surface area contributed by atoms with Crippen molar-refractivity contribution >= 4 is 28.9 Å². The van der Waals surface area contributed by atoms with Crippen LogP contribution in [0.1, 0.15) is 6.42 Å². The molecule has 2 aliphatic rings. The van der Waals surface area contributed by atoms with Crippen molar-refractivity contribution in [2.24, 2.45) is 0 Å². The molecule has 1 N–H and O–H groups in total. The molecule has 150 valence electrons. The number of hydrogen-bond donors (Lipinski definition) is 1. The third-order valence-corrected chi connectivity index (χ3v) is 5.56. The molecular formula is C20H20FN4O4+. The average Bonchev–Trinajstić information content (AvgIpc) is 3.03. The summed E-state index contributed by atoms with van der Waals surface area (Å²) in [6.45, 7) is 2.60. The van der Waals surface area contributed by atoms with E-state index in [0.29, 0.717) is 26.2 Å². The number of para-hydroxylation sites is 1. The van der Waals surface area contributed by atoms with Crippen molar-refractivity contribution in [3.8, 4) is 0 Å². The minimum atomic E-state index is -0.590. The first-order valence-electron chi connectivity index (χ1n) is 9.41. The molecule has 0 bridgehead atoms. The van der Waals surface area contributed by atoms with Gasteiger partial charge in [-0.3, -0.25) is 19.7 Å². The number of nitrogens with zero attached hydrogens (tertiary/aromatic N) is 3. The van der Waals surface area contributed by atoms with Gasteiger partial charge in [-0.1, -0.05) is 12.1 Å². The van der Waals surface area contributed by atoms with Crippen LogP contribution >= 0.6 is 0 Å². The molecule has 0 unspecified atom stereocenters. The Balaban J connectivity index is 1.42. The molecule has 0 aliphatic carbocycles. The third kappa shape index (κ3) is 3.56. The highest BCUT2D eigenvalue weighted by Gasteiger charge is 2.47. The number of non-ortho nitro benzene ring substituents is 1. The van der Waals surface area contributed by atoms with Crippen LogP contribution in [-0.4, -0.2) is 49.0 Å². The van der Waals surface area contributed by atoms with E-state index in [-0.39, 0.29) is 29.6 Å². The van der Waals surface area contributed by atoms with Crippen LogP contribution in [-0.2, 0) is 9.59 Å². The third-order valence-electron chi connectivity index (χ3n) is 5.56. The van der Waals surface area contributed by atoms with Crippen LogP contribution in [0.2, 0.25) is 0 Å². The molecule has 2 aromatic carbocycles. The van der Waals surface area contributed by atoms with Crippen LogP contribution in [0.25, 0.3) is 0 Å². The van der Waals surface area contributed by atoms with E-state index in [0.717, 1.165) is 15.5 Å². The van der Waals surface area contributed by atoms with Gasteiger partial charge in [0.1, 0.15) is 5.82 Å². The quantitative estimate of drug-likeness (QED) is 0.466. The number of anilines is 2. The first-order chi connectivity index (χ1) is 14.0. The fraction of sp³-hybridized carbons (Fsp3) is 0.300. The molecule has 1 atom stereocenters. The van der Waals surface area contributed by atoms with E-state index in [9.17, 15) is 24.1 Å². The number of nitro benzene ring substituents is 1. The van der Waals surface area contributed by atoms with Gasteiger partial charge >= 0.3 is 0 Å². The first-order valence-corrected chi connectivity index (χ1v) is 9.41. The van der Waals surface area contributed by atoms with Gasteiger partial charge in [-0.05, 0) is 24.3 Å². The summed E-state index contributed by atoms with van der Waals surface area (Å²) in [5, 5.41) is 10.8. The van der Waals surface area contributed by atoms with Crippen molar-refractivity contribution in [1.82, 2.24) is 0 Å². The fourth-order valence-corrected chi connectivity index (χ4v) is 4.02. The molecule has 2 aliphatic heterocycles. The van der Waals surface area contributed by atoms with E-state index in [4.69, 9.17) is 0 Å². The maximum absolute atomic E-state index is 14.1. The van der Waals surface area contributed by atoms with Gasteiger partial charge in [0.05, 0.1) is 43.2 Å². The van der Waals surface area contributed by atoms with E-state index in [2.05, 4.69) is 4.90 Å². The molecule has 2 heterocycles. The van der Waals surface area contributed by atoms with Gasteiger partial charge in [-0.15, -0.1) is 0 Å². The number of rotatable bonds is 4. The Kier molecular flexibility index (Phi) is 4.98. The summed E-state index contributed by atoms with van der Waals surface area (Å²) in [6, 6.07) is 11.7. The first kappa shape index (κ1) is 19.0. The van der Waals surface area contributed by atoms with Crippen LogP contribution < -0.4 is 14.7 Å². The summed E-state index contributed by atoms with van der Waals surface area (Å²) in [7, 11) is 0. The van der Waals surface area contributed by atoms with Crippen LogP contribution in [0.3, 0.4) is 0 Å². The molecule has 2 saturated heterocycles. The number of hydrogen-bond acceptors (Lipinski definition) is 5. The van der Waals surface area contributed by atoms with Crippen LogP contribution in [0.4, 0.5) is 21.5 Å². The van der Waals surface area contributed by atoms with Crippen molar-refractivity contribution in [2.45, 2.75) is 12.5 Å². The van der Waals surface area contributed by atoms with Crippen LogP contribution in [0, 0.1) is 15.9 Å². The molecule has 0 aromatic heterocycles. The second-order valence-electron chi connectivity index (χ2n) is 7.19. The van der Waals surface area contributed by atoms with Gasteiger partial charge in [-0.2, -0.15) is 0 Å². The molecule has 2 amide bonds. The van der Waals surface area contributed by atoms with Crippen molar-refractivity contribution in [2.75, 3.05) is 36.0 Å². The molecule has 0 saturated carbocycles. The average molecular weight is 399 g/mol. The smallest absolute Gasteiger partial charge is 0.292 e. The number of halogens is 1. The highest BCUT2D eigenvalue weighted by Crippen LogP contribution is 2.25. The lowest BCUT2D eigenvalue weighted by Crippen LogP contribution is -3.19. The molecule has 4 rings (SSSR count). The molecule has 0 spiro atoms. The number of quaternary nitrogens is 1. The lowest BCUT2D eigenvalue weighted by molar-refractivity contribution is -0.915. The highest BCUT2D eigenvalue weighted by atomic mass is 19.1. The lowest BCUT2D eigenvalue weighted by atomic mass is 10.1. The number of nitro groups is 1. The highest BCUT2D eigenvalue weighted by molar-refractivity contribution is 6.21. The normalized spacial score (nSPS) is 20.4. The zero-order valence-electron chi connectivity index (χ0n) is 15.6. The summed E-state index contributed by atoms with van der Waals surface area (Å²) >= 11 is 0. The summed E-state index contributed by atoms with van der Waals surface area (Å²) in [5.74, 6) is -1.33. The van der Waals surface area contributed by atoms with Gasteiger partial charge in [0.25, 0.3) is 11.6 Å². The molecule has 29 heavy (non-hydrogen) atoms. The molecule has 9 heteroatoms. The van der Waals surface area contributed by atoms with E-state index < -0.39 is 16.8 Å². The fourth-order valence-electron chi connectivity index (χ4n) is 4.02. The second-order valence-corrected chi connectivity index (χ2v) is 7.19. The number of carbonyl (C=O) groups is 2. The summed E-state index contributed by atoms with van der Waals surface area (Å²) < 4.78 is 14.1. The Morgan fingerprint density at radius 2 is 1.69 bits per heavy atom. The monoisotopic (exact) mass is 399 g/mol. The van der Waals surface area contributed by atoms with Gasteiger partial charge in [-0.25, -0.2) is 9.29 Å². The van der Waals surface area contributed by atoms with E-state index >= 15 is 0 Å². The number of piperazine rings is 1. The van der Waals surface area contributed by atoms with Crippen molar-refractivity contribution in [1.29, 1.82) is 0 Å². The van der Waals surface area contributed by atoms with E-state index in [1.807, 2.05) is 0 Å². The number of amides is 2. The number of benzene rings is 2. The number of imide groups is 1. The van der Waals surface area contributed by atoms with Gasteiger partial charge in [0, 0.05) is 17.8 Å². The van der Waals surface area contributed by atoms with Gasteiger partial charge < -0.3 is 9.80 Å². The second kappa shape index (κ2) is 7.59. The molecular weight excluding hydrogens is 379 g/mol. The predicted octanol–water partition coefficient (Wildman–Crippen LogP) is 0.771. The Morgan fingerprint density at radius 3 is 2.31 bits per heavy atom. The minimum Gasteiger partial charge on any atom is -0.360 e. The molecule has 2 fully saturated rings. The zero-order chi connectivity index (χ0) is 20.5. The topological polar surface area (TPSA) is 88.2 Å². The van der Waals surface area contributed by atoms with Crippen molar-refractivity contribution < 1.29 is 23.8 Å². The minimum absolute atomic E-state index is 0.00826. The van der Waals surface area contributed by atoms with Crippen LogP contribution in [0.15, 0.2) is 48.5 Å². The molecule has 2 aromatic rings. The van der Waals surface area contributed by atoms with Crippen LogP contribution in [0.5, 0.6) is 0 Å². The standard InChI is InChI=1S/C20H19FN4O4/c21-16-3-1-2-4-17(16)24-19(26)13-18(20(24)27)23-11-9-22(10-12-23)14-5-7-15(8-6-14)25(28)29/h1-8,18H,9-13H2/p+1/t18-/m1/s1. The SMILES string of the molecule is O=C1C[C@@H]([NH+]2CCN(c3ccc([N+](=O)[O-])cc3)CC2)C(=O)N1c1ccccc1F. The predicted molar refractivity (Wildman–Crippen MR) is 103 cm³/mol. The molecule has 0 radical (unpaired) electrons.